The van der Waals surface area contributed by atoms with E-state index in [1.54, 1.807) is 30.0 Å². The van der Waals surface area contributed by atoms with E-state index in [0.29, 0.717) is 31.9 Å². The van der Waals surface area contributed by atoms with E-state index in [-0.39, 0.29) is 16.5 Å². The first-order valence-corrected chi connectivity index (χ1v) is 10.9. The molecule has 2 aromatic carbocycles. The van der Waals surface area contributed by atoms with E-state index in [1.165, 1.54) is 16.8 Å². The van der Waals surface area contributed by atoms with Crippen LogP contribution in [0.3, 0.4) is 0 Å². The van der Waals surface area contributed by atoms with Gasteiger partial charge in [0.05, 0.1) is 10.7 Å². The summed E-state index contributed by atoms with van der Waals surface area (Å²) in [4.78, 5) is 29.4. The molecular weight excluding hydrogens is 431 g/mol. The van der Waals surface area contributed by atoms with Crippen molar-refractivity contribution in [1.29, 1.82) is 0 Å². The lowest BCUT2D eigenvalue weighted by Crippen LogP contribution is -2.51. The summed E-state index contributed by atoms with van der Waals surface area (Å²) in [7, 11) is 0. The third-order valence-electron chi connectivity index (χ3n) is 5.76. The number of piperazine rings is 1. The first-order chi connectivity index (χ1) is 15.3. The molecule has 4 rings (SSSR count). The van der Waals surface area contributed by atoms with Crippen LogP contribution in [-0.2, 0) is 4.79 Å². The molecule has 1 aliphatic rings. The second kappa shape index (κ2) is 9.12. The number of anilines is 1. The van der Waals surface area contributed by atoms with Crippen LogP contribution in [-0.4, -0.2) is 46.8 Å². The number of rotatable bonds is 4. The third kappa shape index (κ3) is 4.53. The van der Waals surface area contributed by atoms with E-state index in [9.17, 15) is 14.0 Å². The van der Waals surface area contributed by atoms with Gasteiger partial charge in [-0.3, -0.25) is 9.59 Å². The summed E-state index contributed by atoms with van der Waals surface area (Å²) in [5.74, 6) is -0.610. The van der Waals surface area contributed by atoms with Gasteiger partial charge in [0.2, 0.25) is 5.91 Å². The lowest BCUT2D eigenvalue weighted by atomic mass is 10.1. The Hall–Kier alpha value is -3.19. The van der Waals surface area contributed by atoms with Crippen LogP contribution in [0, 0.1) is 12.7 Å². The van der Waals surface area contributed by atoms with Gasteiger partial charge in [-0.2, -0.15) is 5.10 Å². The maximum Gasteiger partial charge on any atom is 0.267 e. The molecule has 0 spiro atoms. The summed E-state index contributed by atoms with van der Waals surface area (Å²) >= 11 is 5.90. The molecule has 0 radical (unpaired) electrons. The predicted molar refractivity (Wildman–Crippen MR) is 124 cm³/mol. The molecule has 0 N–H and O–H groups in total. The van der Waals surface area contributed by atoms with E-state index in [0.717, 1.165) is 16.8 Å². The van der Waals surface area contributed by atoms with Gasteiger partial charge in [0.1, 0.15) is 11.9 Å². The van der Waals surface area contributed by atoms with Gasteiger partial charge >= 0.3 is 0 Å². The predicted octanol–water partition coefficient (Wildman–Crippen LogP) is 3.92. The molecule has 166 valence electrons. The van der Waals surface area contributed by atoms with Gasteiger partial charge in [0, 0.05) is 43.5 Å². The van der Waals surface area contributed by atoms with Crippen LogP contribution in [0.25, 0.3) is 11.3 Å². The fourth-order valence-corrected chi connectivity index (χ4v) is 3.99. The minimum atomic E-state index is -0.722. The molecule has 32 heavy (non-hydrogen) atoms. The van der Waals surface area contributed by atoms with Gasteiger partial charge in [0.15, 0.2) is 0 Å². The van der Waals surface area contributed by atoms with Crippen molar-refractivity contribution in [1.82, 2.24) is 14.7 Å². The Labute approximate surface area is 190 Å². The summed E-state index contributed by atoms with van der Waals surface area (Å²) < 4.78 is 14.7. The number of carbonyl (C=O) groups excluding carboxylic acids is 1. The zero-order chi connectivity index (χ0) is 22.8. The van der Waals surface area contributed by atoms with Gasteiger partial charge in [0.25, 0.3) is 5.56 Å². The minimum Gasteiger partial charge on any atom is -0.368 e. The molecule has 1 aliphatic heterocycles. The van der Waals surface area contributed by atoms with Crippen LogP contribution in [0.15, 0.2) is 59.4 Å². The molecule has 1 fully saturated rings. The second-order valence-electron chi connectivity index (χ2n) is 7.95. The van der Waals surface area contributed by atoms with E-state index < -0.39 is 11.9 Å². The fraction of sp³-hybridized carbons (Fsp3) is 0.292. The van der Waals surface area contributed by atoms with Gasteiger partial charge in [-0.15, -0.1) is 0 Å². The largest absolute Gasteiger partial charge is 0.368 e. The number of aryl methyl sites for hydroxylation is 1. The van der Waals surface area contributed by atoms with Gasteiger partial charge in [-0.25, -0.2) is 9.07 Å². The SMILES string of the molecule is Cc1ccc(-c2ccc(=O)n(C(C)C(=O)N3CCN(c4ccc(F)c(Cl)c4)CC3)n2)cc1. The highest BCUT2D eigenvalue weighted by Crippen LogP contribution is 2.24. The number of benzene rings is 2. The maximum absolute atomic E-state index is 13.4. The summed E-state index contributed by atoms with van der Waals surface area (Å²) in [5, 5.41) is 4.54. The van der Waals surface area contributed by atoms with Crippen molar-refractivity contribution in [2.45, 2.75) is 19.9 Å². The number of halogens is 2. The Bertz CT molecular complexity index is 1190. The molecule has 2 heterocycles. The molecule has 0 aliphatic carbocycles. The fourth-order valence-electron chi connectivity index (χ4n) is 3.82. The number of amides is 1. The average molecular weight is 455 g/mol. The first kappa shape index (κ1) is 22.0. The Balaban J connectivity index is 1.47. The van der Waals surface area contributed by atoms with Crippen molar-refractivity contribution < 1.29 is 9.18 Å². The van der Waals surface area contributed by atoms with Crippen molar-refractivity contribution in [2.75, 3.05) is 31.1 Å². The third-order valence-corrected chi connectivity index (χ3v) is 6.05. The van der Waals surface area contributed by atoms with Gasteiger partial charge in [-0.1, -0.05) is 41.4 Å². The van der Waals surface area contributed by atoms with E-state index in [4.69, 9.17) is 11.6 Å². The molecule has 1 atom stereocenters. The normalized spacial score (nSPS) is 15.0. The highest BCUT2D eigenvalue weighted by Gasteiger charge is 2.27. The van der Waals surface area contributed by atoms with E-state index in [1.807, 2.05) is 31.2 Å². The van der Waals surface area contributed by atoms with Gasteiger partial charge < -0.3 is 9.80 Å². The Morgan fingerprint density at radius 2 is 1.72 bits per heavy atom. The van der Waals surface area contributed by atoms with Crippen LogP contribution in [0.2, 0.25) is 5.02 Å². The molecule has 0 bridgehead atoms. The van der Waals surface area contributed by atoms with Crippen molar-refractivity contribution >= 4 is 23.2 Å². The van der Waals surface area contributed by atoms with Crippen molar-refractivity contribution in [3.05, 3.63) is 81.4 Å². The Morgan fingerprint density at radius 3 is 2.38 bits per heavy atom. The van der Waals surface area contributed by atoms with Crippen LogP contribution in [0.4, 0.5) is 10.1 Å². The Morgan fingerprint density at radius 1 is 1.03 bits per heavy atom. The molecule has 8 heteroatoms. The number of hydrogen-bond acceptors (Lipinski definition) is 4. The topological polar surface area (TPSA) is 58.4 Å². The molecular formula is C24H24ClFN4O2. The molecule has 3 aromatic rings. The molecule has 6 nitrogen and oxygen atoms in total. The molecule has 0 saturated carbocycles. The summed E-state index contributed by atoms with van der Waals surface area (Å²) in [5.41, 5.74) is 3.16. The monoisotopic (exact) mass is 454 g/mol. The van der Waals surface area contributed by atoms with Crippen molar-refractivity contribution in [3.63, 3.8) is 0 Å². The zero-order valence-electron chi connectivity index (χ0n) is 18.0. The highest BCUT2D eigenvalue weighted by atomic mass is 35.5. The quantitative estimate of drug-likeness (QED) is 0.599. The molecule has 1 aromatic heterocycles. The number of hydrogen-bond donors (Lipinski definition) is 0. The molecule has 1 saturated heterocycles. The highest BCUT2D eigenvalue weighted by molar-refractivity contribution is 6.31. The van der Waals surface area contributed by atoms with Crippen molar-refractivity contribution in [3.8, 4) is 11.3 Å². The summed E-state index contributed by atoms with van der Waals surface area (Å²) in [6.07, 6.45) is 0. The van der Waals surface area contributed by atoms with E-state index in [2.05, 4.69) is 10.00 Å². The van der Waals surface area contributed by atoms with E-state index >= 15 is 0 Å². The maximum atomic E-state index is 13.4. The zero-order valence-corrected chi connectivity index (χ0v) is 18.7. The number of nitrogens with zero attached hydrogens (tertiary/aromatic N) is 4. The number of aromatic nitrogens is 2. The van der Waals surface area contributed by atoms with Crippen molar-refractivity contribution in [2.24, 2.45) is 0 Å². The van der Waals surface area contributed by atoms with Gasteiger partial charge in [-0.05, 0) is 38.1 Å². The minimum absolute atomic E-state index is 0.0773. The summed E-state index contributed by atoms with van der Waals surface area (Å²) in [6, 6.07) is 14.9. The average Bonchev–Trinajstić information content (AvgIpc) is 2.81. The van der Waals surface area contributed by atoms with Crippen LogP contribution in [0.1, 0.15) is 18.5 Å². The molecule has 1 amide bonds. The standard InChI is InChI=1S/C24H24ClFN4O2/c1-16-3-5-18(6-4-16)22-9-10-23(31)30(27-22)17(2)24(32)29-13-11-28(12-14-29)19-7-8-21(26)20(25)15-19/h3-10,15,17H,11-14H2,1-2H3. The van der Waals surface area contributed by atoms with Crippen LogP contribution in [0.5, 0.6) is 0 Å². The lowest BCUT2D eigenvalue weighted by molar-refractivity contribution is -0.135. The van der Waals surface area contributed by atoms with Crippen LogP contribution >= 0.6 is 11.6 Å². The lowest BCUT2D eigenvalue weighted by Gasteiger charge is -2.37. The second-order valence-corrected chi connectivity index (χ2v) is 8.36. The Kier molecular flexibility index (Phi) is 6.28. The smallest absolute Gasteiger partial charge is 0.267 e. The number of carbonyl (C=O) groups is 1. The summed E-state index contributed by atoms with van der Waals surface area (Å²) in [6.45, 7) is 5.86. The van der Waals surface area contributed by atoms with Crippen LogP contribution < -0.4 is 10.5 Å². The molecule has 1 unspecified atom stereocenters. The first-order valence-electron chi connectivity index (χ1n) is 10.5.